The van der Waals surface area contributed by atoms with Gasteiger partial charge in [0, 0.05) is 12.1 Å². The van der Waals surface area contributed by atoms with Gasteiger partial charge in [0.25, 0.3) is 0 Å². The number of ether oxygens (including phenoxy) is 1. The van der Waals surface area contributed by atoms with Gasteiger partial charge in [0.2, 0.25) is 0 Å². The Kier molecular flexibility index (Phi) is 4.49. The van der Waals surface area contributed by atoms with E-state index in [0.717, 1.165) is 12.1 Å². The Labute approximate surface area is 119 Å². The SMILES string of the molecule is NC(CC(=O)O)c1cccc(Oc2ccc(F)cc2F)c1. The lowest BCUT2D eigenvalue weighted by molar-refractivity contribution is -0.137. The van der Waals surface area contributed by atoms with Crippen molar-refractivity contribution in [2.45, 2.75) is 12.5 Å². The number of halogens is 2. The normalized spacial score (nSPS) is 12.0. The predicted molar refractivity (Wildman–Crippen MR) is 72.1 cm³/mol. The minimum Gasteiger partial charge on any atom is -0.481 e. The van der Waals surface area contributed by atoms with E-state index in [1.165, 1.54) is 12.1 Å². The van der Waals surface area contributed by atoms with Crippen LogP contribution in [0.5, 0.6) is 11.5 Å². The summed E-state index contributed by atoms with van der Waals surface area (Å²) in [6.07, 6.45) is -0.228. The van der Waals surface area contributed by atoms with E-state index in [-0.39, 0.29) is 12.2 Å². The highest BCUT2D eigenvalue weighted by Gasteiger charge is 2.12. The number of nitrogens with two attached hydrogens (primary N) is 1. The number of rotatable bonds is 5. The van der Waals surface area contributed by atoms with Gasteiger partial charge in [-0.05, 0) is 29.8 Å². The number of carboxylic acids is 1. The molecule has 0 fully saturated rings. The van der Waals surface area contributed by atoms with Crippen LogP contribution in [-0.2, 0) is 4.79 Å². The molecular formula is C15H13F2NO3. The van der Waals surface area contributed by atoms with E-state index in [9.17, 15) is 13.6 Å². The molecule has 0 amide bonds. The van der Waals surface area contributed by atoms with E-state index >= 15 is 0 Å². The molecule has 0 aliphatic carbocycles. The Balaban J connectivity index is 2.19. The second-order valence-corrected chi connectivity index (χ2v) is 4.45. The fourth-order valence-corrected chi connectivity index (χ4v) is 1.80. The summed E-state index contributed by atoms with van der Waals surface area (Å²) in [5.41, 5.74) is 6.30. The minimum atomic E-state index is -1.02. The van der Waals surface area contributed by atoms with Gasteiger partial charge >= 0.3 is 5.97 Å². The van der Waals surface area contributed by atoms with Crippen LogP contribution >= 0.6 is 0 Å². The maximum absolute atomic E-state index is 13.5. The molecule has 3 N–H and O–H groups in total. The molecule has 0 spiro atoms. The number of hydrogen-bond acceptors (Lipinski definition) is 3. The molecule has 2 aromatic rings. The molecule has 4 nitrogen and oxygen atoms in total. The molecule has 0 radical (unpaired) electrons. The van der Waals surface area contributed by atoms with Crippen LogP contribution in [0, 0.1) is 11.6 Å². The van der Waals surface area contributed by atoms with Crippen LogP contribution in [0.3, 0.4) is 0 Å². The van der Waals surface area contributed by atoms with Gasteiger partial charge in [-0.2, -0.15) is 0 Å². The summed E-state index contributed by atoms with van der Waals surface area (Å²) in [7, 11) is 0. The van der Waals surface area contributed by atoms with Crippen molar-refractivity contribution in [2.75, 3.05) is 0 Å². The first-order valence-electron chi connectivity index (χ1n) is 6.16. The summed E-state index contributed by atoms with van der Waals surface area (Å²) in [4.78, 5) is 10.6. The predicted octanol–water partition coefficient (Wildman–Crippen LogP) is 3.23. The lowest BCUT2D eigenvalue weighted by Crippen LogP contribution is -2.14. The van der Waals surface area contributed by atoms with Crippen molar-refractivity contribution in [1.82, 2.24) is 0 Å². The van der Waals surface area contributed by atoms with Gasteiger partial charge in [0.05, 0.1) is 6.42 Å². The molecule has 1 atom stereocenters. The van der Waals surface area contributed by atoms with Crippen molar-refractivity contribution in [1.29, 1.82) is 0 Å². The van der Waals surface area contributed by atoms with Gasteiger partial charge in [0.15, 0.2) is 11.6 Å². The van der Waals surface area contributed by atoms with E-state index in [1.807, 2.05) is 0 Å². The molecule has 2 aromatic carbocycles. The zero-order valence-electron chi connectivity index (χ0n) is 10.9. The third-order valence-corrected chi connectivity index (χ3v) is 2.80. The Morgan fingerprint density at radius 3 is 2.67 bits per heavy atom. The number of carboxylic acid groups (broad SMARTS) is 1. The third-order valence-electron chi connectivity index (χ3n) is 2.80. The number of carbonyl (C=O) groups is 1. The third kappa shape index (κ3) is 4.00. The first kappa shape index (κ1) is 14.9. The van der Waals surface area contributed by atoms with Crippen LogP contribution in [0.25, 0.3) is 0 Å². The highest BCUT2D eigenvalue weighted by Crippen LogP contribution is 2.27. The van der Waals surface area contributed by atoms with Gasteiger partial charge in [-0.25, -0.2) is 8.78 Å². The Morgan fingerprint density at radius 1 is 1.24 bits per heavy atom. The maximum Gasteiger partial charge on any atom is 0.305 e. The molecule has 0 aliphatic heterocycles. The average Bonchev–Trinajstić information content (AvgIpc) is 2.41. The fraction of sp³-hybridized carbons (Fsp3) is 0.133. The van der Waals surface area contributed by atoms with Crippen molar-refractivity contribution in [2.24, 2.45) is 5.73 Å². The van der Waals surface area contributed by atoms with Crippen molar-refractivity contribution in [3.8, 4) is 11.5 Å². The molecule has 0 aliphatic rings. The molecule has 2 rings (SSSR count). The smallest absolute Gasteiger partial charge is 0.305 e. The summed E-state index contributed by atoms with van der Waals surface area (Å²) < 4.78 is 31.6. The molecule has 0 saturated heterocycles. The molecular weight excluding hydrogens is 280 g/mol. The highest BCUT2D eigenvalue weighted by atomic mass is 19.1. The second-order valence-electron chi connectivity index (χ2n) is 4.45. The summed E-state index contributed by atoms with van der Waals surface area (Å²) in [6.45, 7) is 0. The summed E-state index contributed by atoms with van der Waals surface area (Å²) >= 11 is 0. The van der Waals surface area contributed by atoms with Crippen LogP contribution in [0.15, 0.2) is 42.5 Å². The van der Waals surface area contributed by atoms with Crippen molar-refractivity contribution >= 4 is 5.97 Å². The van der Waals surface area contributed by atoms with Crippen molar-refractivity contribution in [3.05, 3.63) is 59.7 Å². The van der Waals surface area contributed by atoms with Gasteiger partial charge in [-0.1, -0.05) is 12.1 Å². The highest BCUT2D eigenvalue weighted by molar-refractivity contribution is 5.67. The van der Waals surface area contributed by atoms with E-state index < -0.39 is 23.6 Å². The minimum absolute atomic E-state index is 0.125. The van der Waals surface area contributed by atoms with E-state index in [1.54, 1.807) is 18.2 Å². The van der Waals surface area contributed by atoms with E-state index in [4.69, 9.17) is 15.6 Å². The van der Waals surface area contributed by atoms with Crippen LogP contribution in [0.1, 0.15) is 18.0 Å². The van der Waals surface area contributed by atoms with Gasteiger partial charge in [-0.3, -0.25) is 4.79 Å². The monoisotopic (exact) mass is 293 g/mol. The lowest BCUT2D eigenvalue weighted by Gasteiger charge is -2.12. The Morgan fingerprint density at radius 2 is 2.00 bits per heavy atom. The van der Waals surface area contributed by atoms with Crippen LogP contribution in [0.4, 0.5) is 8.78 Å². The fourth-order valence-electron chi connectivity index (χ4n) is 1.80. The quantitative estimate of drug-likeness (QED) is 0.887. The Hall–Kier alpha value is -2.47. The second kappa shape index (κ2) is 6.32. The number of benzene rings is 2. The lowest BCUT2D eigenvalue weighted by atomic mass is 10.0. The molecule has 110 valence electrons. The molecule has 0 bridgehead atoms. The van der Waals surface area contributed by atoms with Crippen LogP contribution in [0.2, 0.25) is 0 Å². The molecule has 21 heavy (non-hydrogen) atoms. The molecule has 6 heteroatoms. The zero-order valence-corrected chi connectivity index (χ0v) is 10.9. The van der Waals surface area contributed by atoms with Crippen molar-refractivity contribution in [3.63, 3.8) is 0 Å². The Bertz CT molecular complexity index is 661. The molecule has 0 saturated carbocycles. The maximum atomic E-state index is 13.5. The number of hydrogen-bond donors (Lipinski definition) is 2. The first-order valence-corrected chi connectivity index (χ1v) is 6.16. The standard InChI is InChI=1S/C15H13F2NO3/c16-10-4-5-14(12(17)7-10)21-11-3-1-2-9(6-11)13(18)8-15(19)20/h1-7,13H,8,18H2,(H,19,20). The van der Waals surface area contributed by atoms with Gasteiger partial charge < -0.3 is 15.6 Å². The molecule has 1 unspecified atom stereocenters. The topological polar surface area (TPSA) is 72.6 Å². The van der Waals surface area contributed by atoms with E-state index in [0.29, 0.717) is 11.3 Å². The summed E-state index contributed by atoms with van der Waals surface area (Å²) in [5.74, 6) is -2.37. The summed E-state index contributed by atoms with van der Waals surface area (Å²) in [6, 6.07) is 8.65. The van der Waals surface area contributed by atoms with E-state index in [2.05, 4.69) is 0 Å². The van der Waals surface area contributed by atoms with Crippen LogP contribution in [-0.4, -0.2) is 11.1 Å². The molecule has 0 heterocycles. The van der Waals surface area contributed by atoms with Gasteiger partial charge in [0.1, 0.15) is 11.6 Å². The number of aliphatic carboxylic acids is 1. The first-order chi connectivity index (χ1) is 9.95. The van der Waals surface area contributed by atoms with Crippen LogP contribution < -0.4 is 10.5 Å². The average molecular weight is 293 g/mol. The van der Waals surface area contributed by atoms with Crippen molar-refractivity contribution < 1.29 is 23.4 Å². The largest absolute Gasteiger partial charge is 0.481 e. The van der Waals surface area contributed by atoms with Gasteiger partial charge in [-0.15, -0.1) is 0 Å². The summed E-state index contributed by atoms with van der Waals surface area (Å²) in [5, 5.41) is 8.72. The zero-order chi connectivity index (χ0) is 15.4. The molecule has 0 aromatic heterocycles.